The van der Waals surface area contributed by atoms with Crippen LogP contribution in [0.25, 0.3) is 0 Å². The lowest BCUT2D eigenvalue weighted by Crippen LogP contribution is -2.36. The van der Waals surface area contributed by atoms with Crippen LogP contribution in [0.5, 0.6) is 0 Å². The monoisotopic (exact) mass is 211 g/mol. The molecule has 0 spiro atoms. The van der Waals surface area contributed by atoms with Gasteiger partial charge in [-0.25, -0.2) is 4.39 Å². The van der Waals surface area contributed by atoms with Gasteiger partial charge in [-0.05, 0) is 37.6 Å². The lowest BCUT2D eigenvalue weighted by Gasteiger charge is -2.32. The Kier molecular flexibility index (Phi) is 3.83. The smallest absolute Gasteiger partial charge is 0.123 e. The Morgan fingerprint density at radius 2 is 1.93 bits per heavy atom. The van der Waals surface area contributed by atoms with Gasteiger partial charge in [0.05, 0.1) is 5.60 Å². The van der Waals surface area contributed by atoms with Crippen LogP contribution in [0.1, 0.15) is 25.8 Å². The van der Waals surface area contributed by atoms with E-state index < -0.39 is 5.60 Å². The van der Waals surface area contributed by atoms with Gasteiger partial charge in [0, 0.05) is 5.92 Å². The van der Waals surface area contributed by atoms with Crippen molar-refractivity contribution in [3.8, 4) is 0 Å². The summed E-state index contributed by atoms with van der Waals surface area (Å²) in [5, 5.41) is 10.3. The molecule has 0 saturated heterocycles. The molecule has 2 atom stereocenters. The molecule has 1 aromatic rings. The van der Waals surface area contributed by atoms with Crippen LogP contribution in [0.3, 0.4) is 0 Å². The molecule has 0 bridgehead atoms. The number of nitrogens with two attached hydrogens (primary N) is 1. The van der Waals surface area contributed by atoms with Gasteiger partial charge in [-0.2, -0.15) is 0 Å². The molecule has 3 heteroatoms. The second-order valence-corrected chi connectivity index (χ2v) is 4.00. The van der Waals surface area contributed by atoms with E-state index in [0.29, 0.717) is 12.1 Å². The topological polar surface area (TPSA) is 46.2 Å². The lowest BCUT2D eigenvalue weighted by atomic mass is 9.81. The van der Waals surface area contributed by atoms with E-state index in [0.717, 1.165) is 6.42 Å². The molecular weight excluding hydrogens is 193 g/mol. The third kappa shape index (κ3) is 2.55. The van der Waals surface area contributed by atoms with E-state index >= 15 is 0 Å². The summed E-state index contributed by atoms with van der Waals surface area (Å²) in [5.74, 6) is -0.307. The zero-order valence-corrected chi connectivity index (χ0v) is 9.20. The third-order valence-electron chi connectivity index (χ3n) is 3.00. The van der Waals surface area contributed by atoms with Gasteiger partial charge in [-0.15, -0.1) is 0 Å². The molecule has 2 nitrogen and oxygen atoms in total. The highest BCUT2D eigenvalue weighted by atomic mass is 19.1. The maximum Gasteiger partial charge on any atom is 0.123 e. The summed E-state index contributed by atoms with van der Waals surface area (Å²) < 4.78 is 12.7. The second kappa shape index (κ2) is 4.73. The van der Waals surface area contributed by atoms with Crippen molar-refractivity contribution in [3.63, 3.8) is 0 Å². The highest BCUT2D eigenvalue weighted by Gasteiger charge is 2.31. The van der Waals surface area contributed by atoms with Crippen molar-refractivity contribution in [3.05, 3.63) is 35.6 Å². The van der Waals surface area contributed by atoms with Crippen molar-refractivity contribution in [1.82, 2.24) is 0 Å². The van der Waals surface area contributed by atoms with Crippen molar-refractivity contribution in [2.45, 2.75) is 25.9 Å². The predicted molar refractivity (Wildman–Crippen MR) is 58.8 cm³/mol. The van der Waals surface area contributed by atoms with Crippen LogP contribution < -0.4 is 5.73 Å². The molecule has 0 aliphatic heterocycles. The highest BCUT2D eigenvalue weighted by Crippen LogP contribution is 2.30. The molecule has 0 heterocycles. The van der Waals surface area contributed by atoms with Gasteiger partial charge in [0.25, 0.3) is 0 Å². The summed E-state index contributed by atoms with van der Waals surface area (Å²) in [5.41, 5.74) is 5.32. The van der Waals surface area contributed by atoms with Gasteiger partial charge < -0.3 is 10.8 Å². The molecular formula is C12H18FNO. The van der Waals surface area contributed by atoms with Crippen LogP contribution in [0.2, 0.25) is 0 Å². The Labute approximate surface area is 89.9 Å². The van der Waals surface area contributed by atoms with Crippen molar-refractivity contribution < 1.29 is 9.50 Å². The summed E-state index contributed by atoms with van der Waals surface area (Å²) >= 11 is 0. The van der Waals surface area contributed by atoms with E-state index in [2.05, 4.69) is 0 Å². The minimum Gasteiger partial charge on any atom is -0.385 e. The molecule has 2 unspecified atom stereocenters. The van der Waals surface area contributed by atoms with Gasteiger partial charge in [-0.3, -0.25) is 0 Å². The summed E-state index contributed by atoms with van der Waals surface area (Å²) in [6.07, 6.45) is 0.793. The SMILES string of the molecule is CCC(CN)C(C)(O)c1ccc(F)cc1. The van der Waals surface area contributed by atoms with Crippen LogP contribution >= 0.6 is 0 Å². The van der Waals surface area contributed by atoms with Crippen molar-refractivity contribution >= 4 is 0 Å². The predicted octanol–water partition coefficient (Wildman–Crippen LogP) is 2.02. The van der Waals surface area contributed by atoms with E-state index in [1.54, 1.807) is 19.1 Å². The van der Waals surface area contributed by atoms with Crippen LogP contribution in [0.4, 0.5) is 4.39 Å². The number of hydrogen-bond acceptors (Lipinski definition) is 2. The number of benzene rings is 1. The highest BCUT2D eigenvalue weighted by molar-refractivity contribution is 5.23. The molecule has 1 rings (SSSR count). The molecule has 0 radical (unpaired) electrons. The Morgan fingerprint density at radius 3 is 2.33 bits per heavy atom. The fraction of sp³-hybridized carbons (Fsp3) is 0.500. The average Bonchev–Trinajstić information content (AvgIpc) is 2.19. The number of rotatable bonds is 4. The zero-order valence-electron chi connectivity index (χ0n) is 9.20. The fourth-order valence-electron chi connectivity index (χ4n) is 1.82. The minimum atomic E-state index is -0.989. The summed E-state index contributed by atoms with van der Waals surface area (Å²) in [6.45, 7) is 4.12. The van der Waals surface area contributed by atoms with Gasteiger partial charge in [0.2, 0.25) is 0 Å². The Hall–Kier alpha value is -0.930. The van der Waals surface area contributed by atoms with E-state index in [1.807, 2.05) is 6.92 Å². The summed E-state index contributed by atoms with van der Waals surface area (Å²) in [6, 6.07) is 5.92. The van der Waals surface area contributed by atoms with Gasteiger partial charge in [0.15, 0.2) is 0 Å². The summed E-state index contributed by atoms with van der Waals surface area (Å²) in [7, 11) is 0. The molecule has 84 valence electrons. The fourth-order valence-corrected chi connectivity index (χ4v) is 1.82. The Bertz CT molecular complexity index is 304. The van der Waals surface area contributed by atoms with Gasteiger partial charge in [-0.1, -0.05) is 19.1 Å². The zero-order chi connectivity index (χ0) is 11.5. The third-order valence-corrected chi connectivity index (χ3v) is 3.00. The first kappa shape index (κ1) is 12.1. The largest absolute Gasteiger partial charge is 0.385 e. The maximum atomic E-state index is 12.7. The number of halogens is 1. The minimum absolute atomic E-state index is 0.0111. The van der Waals surface area contributed by atoms with Gasteiger partial charge in [0.1, 0.15) is 5.82 Å². The van der Waals surface area contributed by atoms with Crippen molar-refractivity contribution in [2.24, 2.45) is 11.7 Å². The van der Waals surface area contributed by atoms with Crippen LogP contribution in [-0.2, 0) is 5.60 Å². The van der Waals surface area contributed by atoms with Crippen molar-refractivity contribution in [1.29, 1.82) is 0 Å². The Balaban J connectivity index is 2.98. The molecule has 1 aromatic carbocycles. The van der Waals surface area contributed by atoms with E-state index in [4.69, 9.17) is 5.73 Å². The molecule has 0 aliphatic carbocycles. The second-order valence-electron chi connectivity index (χ2n) is 4.00. The Morgan fingerprint density at radius 1 is 1.40 bits per heavy atom. The molecule has 0 amide bonds. The van der Waals surface area contributed by atoms with Gasteiger partial charge >= 0.3 is 0 Å². The first-order chi connectivity index (χ1) is 7.02. The molecule has 0 aromatic heterocycles. The lowest BCUT2D eigenvalue weighted by molar-refractivity contribution is -0.00407. The molecule has 0 aliphatic rings. The molecule has 0 fully saturated rings. The quantitative estimate of drug-likeness (QED) is 0.800. The van der Waals surface area contributed by atoms with E-state index in [-0.39, 0.29) is 11.7 Å². The van der Waals surface area contributed by atoms with E-state index in [9.17, 15) is 9.50 Å². The normalized spacial score (nSPS) is 17.1. The van der Waals surface area contributed by atoms with E-state index in [1.165, 1.54) is 12.1 Å². The van der Waals surface area contributed by atoms with Crippen LogP contribution in [-0.4, -0.2) is 11.7 Å². The first-order valence-corrected chi connectivity index (χ1v) is 5.20. The van der Waals surface area contributed by atoms with Crippen LogP contribution in [0, 0.1) is 11.7 Å². The molecule has 3 N–H and O–H groups in total. The maximum absolute atomic E-state index is 12.7. The van der Waals surface area contributed by atoms with Crippen molar-refractivity contribution in [2.75, 3.05) is 6.54 Å². The van der Waals surface area contributed by atoms with Crippen LogP contribution in [0.15, 0.2) is 24.3 Å². The first-order valence-electron chi connectivity index (χ1n) is 5.20. The number of hydrogen-bond donors (Lipinski definition) is 2. The average molecular weight is 211 g/mol. The molecule has 15 heavy (non-hydrogen) atoms. The summed E-state index contributed by atoms with van der Waals surface area (Å²) in [4.78, 5) is 0. The number of aliphatic hydroxyl groups is 1. The standard InChI is InChI=1S/C12H18FNO/c1-3-9(8-14)12(2,15)10-4-6-11(13)7-5-10/h4-7,9,15H,3,8,14H2,1-2H3. The molecule has 0 saturated carbocycles.